The summed E-state index contributed by atoms with van der Waals surface area (Å²) in [6.07, 6.45) is 0. The number of aromatic nitrogens is 5. The van der Waals surface area contributed by atoms with Crippen LogP contribution in [0.2, 0.25) is 0 Å². The van der Waals surface area contributed by atoms with Crippen LogP contribution in [0.4, 0.5) is 0 Å². The number of hydrogen-bond donors (Lipinski definition) is 0. The first-order valence-electron chi connectivity index (χ1n) is 28.6. The van der Waals surface area contributed by atoms with Crippen molar-refractivity contribution in [2.45, 2.75) is 0 Å². The molecular weight excluding hydrogens is 1110 g/mol. The summed E-state index contributed by atoms with van der Waals surface area (Å²) in [4.78, 5) is 6.26. The second kappa shape index (κ2) is 19.2. The molecule has 12 heteroatoms. The number of benzene rings is 11. The predicted molar refractivity (Wildman–Crippen MR) is 354 cm³/mol. The molecule has 406 valence electrons. The molecule has 17 aromatic rings. The molecule has 11 aromatic carbocycles. The predicted octanol–water partition coefficient (Wildman–Crippen LogP) is 18.4. The average Bonchev–Trinajstić information content (AvgIpc) is 1.21. The van der Waals surface area contributed by atoms with Gasteiger partial charge in [-0.25, -0.2) is 4.98 Å². The number of para-hydroxylation sites is 2. The lowest BCUT2D eigenvalue weighted by Gasteiger charge is -2.26. The Morgan fingerprint density at radius 2 is 0.663 bits per heavy atom. The third-order valence-corrected chi connectivity index (χ3v) is 18.6. The maximum absolute atomic E-state index is 10.6. The van der Waals surface area contributed by atoms with E-state index in [2.05, 4.69) is 152 Å². The van der Waals surface area contributed by atoms with Crippen LogP contribution in [-0.4, -0.2) is 23.3 Å². The van der Waals surface area contributed by atoms with Crippen molar-refractivity contribution in [3.8, 4) is 81.7 Å². The lowest BCUT2D eigenvalue weighted by atomic mass is 9.95. The number of nitriles is 6. The van der Waals surface area contributed by atoms with E-state index < -0.39 is 0 Å². The summed E-state index contributed by atoms with van der Waals surface area (Å²) in [6, 6.07) is 88.6. The molecule has 6 heterocycles. The van der Waals surface area contributed by atoms with Gasteiger partial charge >= 0.3 is 0 Å². The standard InChI is InChI=1S/C77H37N11S/c78-38-44-14-23-65-56(30-44)57-31-45(39-79)15-24-66(57)86(65)75-73(50-20-22-55-54-11-5-7-13-71(54)89-72(55)37-50)76(87-67-25-16-46(40-80)32-58(67)59-33-47(41-81)17-26-68(59)87)77(88-69-27-18-48(42-82)34-60(69)61-35-49(43-83)19-28-70(61)88)84-74(75)51-21-29-64-62(36-51)53-10-4-6-12-63(53)85(64)52-8-2-1-3-9-52/h1-37H. The van der Waals surface area contributed by atoms with Crippen molar-refractivity contribution >= 4 is 119 Å². The molecule has 0 saturated carbocycles. The fourth-order valence-electron chi connectivity index (χ4n) is 13.7. The van der Waals surface area contributed by atoms with Crippen LogP contribution in [0.25, 0.3) is 153 Å². The van der Waals surface area contributed by atoms with Crippen LogP contribution < -0.4 is 0 Å². The molecular formula is C77H37N11S. The Labute approximate surface area is 510 Å². The van der Waals surface area contributed by atoms with Crippen LogP contribution >= 0.6 is 11.3 Å². The molecule has 6 aromatic heterocycles. The smallest absolute Gasteiger partial charge is 0.163 e. The molecule has 0 fully saturated rings. The maximum atomic E-state index is 10.6. The summed E-state index contributed by atoms with van der Waals surface area (Å²) in [7, 11) is 0. The number of thiophene rings is 1. The monoisotopic (exact) mass is 1150 g/mol. The van der Waals surface area contributed by atoms with Crippen molar-refractivity contribution in [1.29, 1.82) is 31.6 Å². The molecule has 89 heavy (non-hydrogen) atoms. The SMILES string of the molecule is N#Cc1ccc2c(c1)c1cc(C#N)ccc1n2-c1nc(-c2ccc3c(c2)c2ccccc2n3-c2ccccc2)c(-n2c3ccc(C#N)cc3c3cc(C#N)ccc32)c(-c2ccc3c(c2)sc2ccccc23)c1-n1c2ccc(C#N)cc2c2cc(C#N)ccc21. The van der Waals surface area contributed by atoms with E-state index in [-0.39, 0.29) is 0 Å². The lowest BCUT2D eigenvalue weighted by Crippen LogP contribution is -2.13. The summed E-state index contributed by atoms with van der Waals surface area (Å²) in [5.41, 5.74) is 14.3. The Hall–Kier alpha value is -13.1. The van der Waals surface area contributed by atoms with Gasteiger partial charge in [0.2, 0.25) is 0 Å². The summed E-state index contributed by atoms with van der Waals surface area (Å²) < 4.78 is 11.1. The fourth-order valence-corrected chi connectivity index (χ4v) is 14.8. The number of nitrogens with zero attached hydrogens (tertiary/aromatic N) is 11. The molecule has 0 aliphatic carbocycles. The summed E-state index contributed by atoms with van der Waals surface area (Å²) >= 11 is 1.71. The third kappa shape index (κ3) is 7.35. The highest BCUT2D eigenvalue weighted by Crippen LogP contribution is 2.51. The molecule has 0 aliphatic heterocycles. The molecule has 17 rings (SSSR count). The minimum Gasteiger partial charge on any atom is -0.309 e. The van der Waals surface area contributed by atoms with Crippen LogP contribution in [-0.2, 0) is 0 Å². The first-order chi connectivity index (χ1) is 43.8. The Kier molecular flexibility index (Phi) is 10.9. The summed E-state index contributed by atoms with van der Waals surface area (Å²) in [6.45, 7) is 0. The van der Waals surface area contributed by atoms with Crippen LogP contribution in [0, 0.1) is 68.0 Å². The van der Waals surface area contributed by atoms with Gasteiger partial charge in [-0.15, -0.1) is 11.3 Å². The van der Waals surface area contributed by atoms with Gasteiger partial charge in [0.15, 0.2) is 5.82 Å². The zero-order valence-corrected chi connectivity index (χ0v) is 47.5. The van der Waals surface area contributed by atoms with Gasteiger partial charge in [0, 0.05) is 80.1 Å². The van der Waals surface area contributed by atoms with E-state index in [1.54, 1.807) is 23.5 Å². The second-order valence-electron chi connectivity index (χ2n) is 22.2. The summed E-state index contributed by atoms with van der Waals surface area (Å²) in [5.74, 6) is 0.489. The molecule has 0 radical (unpaired) electrons. The molecule has 0 saturated heterocycles. The van der Waals surface area contributed by atoms with Crippen LogP contribution in [0.3, 0.4) is 0 Å². The average molecular weight is 1150 g/mol. The van der Waals surface area contributed by atoms with Gasteiger partial charge in [0.05, 0.1) is 131 Å². The number of hydrogen-bond acceptors (Lipinski definition) is 8. The molecule has 0 N–H and O–H groups in total. The number of fused-ring (bicyclic) bond motifs is 15. The zero-order chi connectivity index (χ0) is 59.8. The highest BCUT2D eigenvalue weighted by molar-refractivity contribution is 7.25. The lowest BCUT2D eigenvalue weighted by molar-refractivity contribution is 1.01. The van der Waals surface area contributed by atoms with E-state index >= 15 is 0 Å². The van der Waals surface area contributed by atoms with Crippen molar-refractivity contribution in [1.82, 2.24) is 23.3 Å². The molecule has 0 bridgehead atoms. The molecule has 0 aliphatic rings. The Morgan fingerprint density at radius 1 is 0.281 bits per heavy atom. The van der Waals surface area contributed by atoms with E-state index in [4.69, 9.17) is 4.98 Å². The first kappa shape index (κ1) is 50.4. The topological polar surface area (TPSA) is 175 Å². The van der Waals surface area contributed by atoms with Crippen LogP contribution in [0.15, 0.2) is 224 Å². The van der Waals surface area contributed by atoms with E-state index in [1.165, 1.54) is 0 Å². The van der Waals surface area contributed by atoms with E-state index in [9.17, 15) is 31.6 Å². The van der Waals surface area contributed by atoms with E-state index in [1.807, 2.05) is 115 Å². The quantitative estimate of drug-likeness (QED) is 0.159. The first-order valence-corrected chi connectivity index (χ1v) is 29.4. The molecule has 0 spiro atoms. The van der Waals surface area contributed by atoms with E-state index in [0.717, 1.165) is 130 Å². The third-order valence-electron chi connectivity index (χ3n) is 17.5. The van der Waals surface area contributed by atoms with Crippen molar-refractivity contribution in [3.63, 3.8) is 0 Å². The van der Waals surface area contributed by atoms with Gasteiger partial charge in [-0.05, 0) is 157 Å². The Morgan fingerprint density at radius 3 is 1.17 bits per heavy atom. The highest BCUT2D eigenvalue weighted by atomic mass is 32.1. The number of pyridine rings is 1. The minimum absolute atomic E-state index is 0.440. The minimum atomic E-state index is 0.440. The van der Waals surface area contributed by atoms with E-state index in [0.29, 0.717) is 56.3 Å². The van der Waals surface area contributed by atoms with Crippen LogP contribution in [0.1, 0.15) is 33.4 Å². The van der Waals surface area contributed by atoms with Crippen molar-refractivity contribution < 1.29 is 0 Å². The molecule has 11 nitrogen and oxygen atoms in total. The Balaban J connectivity index is 1.16. The van der Waals surface area contributed by atoms with Gasteiger partial charge < -0.3 is 13.7 Å². The van der Waals surface area contributed by atoms with Gasteiger partial charge in [0.1, 0.15) is 0 Å². The zero-order valence-electron chi connectivity index (χ0n) is 46.7. The van der Waals surface area contributed by atoms with Gasteiger partial charge in [-0.3, -0.25) is 4.57 Å². The van der Waals surface area contributed by atoms with Crippen LogP contribution in [0.5, 0.6) is 0 Å². The number of rotatable bonds is 6. The summed E-state index contributed by atoms with van der Waals surface area (Å²) in [5, 5.41) is 72.1. The fraction of sp³-hybridized carbons (Fsp3) is 0. The van der Waals surface area contributed by atoms with Gasteiger partial charge in [-0.1, -0.05) is 72.8 Å². The van der Waals surface area contributed by atoms with Crippen molar-refractivity contribution in [2.24, 2.45) is 0 Å². The van der Waals surface area contributed by atoms with Crippen molar-refractivity contribution in [2.75, 3.05) is 0 Å². The molecule has 0 amide bonds. The van der Waals surface area contributed by atoms with Gasteiger partial charge in [-0.2, -0.15) is 31.6 Å². The second-order valence-corrected chi connectivity index (χ2v) is 23.2. The highest BCUT2D eigenvalue weighted by Gasteiger charge is 2.33. The largest absolute Gasteiger partial charge is 0.309 e. The molecule has 0 unspecified atom stereocenters. The molecule has 0 atom stereocenters. The maximum Gasteiger partial charge on any atom is 0.163 e. The Bertz CT molecular complexity index is 6110. The normalized spacial score (nSPS) is 11.5. The van der Waals surface area contributed by atoms with Gasteiger partial charge in [0.25, 0.3) is 0 Å². The van der Waals surface area contributed by atoms with Crippen molar-refractivity contribution in [3.05, 3.63) is 258 Å².